The van der Waals surface area contributed by atoms with Gasteiger partial charge in [-0.15, -0.1) is 0 Å². The topological polar surface area (TPSA) is 49.2 Å². The monoisotopic (exact) mass is 283 g/mol. The van der Waals surface area contributed by atoms with Crippen LogP contribution in [0, 0.1) is 0 Å². The van der Waals surface area contributed by atoms with E-state index in [1.807, 2.05) is 0 Å². The quantitative estimate of drug-likeness (QED) is 0.844. The maximum Gasteiger partial charge on any atom is 0.137 e. The van der Waals surface area contributed by atoms with Crippen molar-refractivity contribution >= 4 is 17.4 Å². The standard InChI is InChI=1S/C14H22ClN3O/c1-2-12-13(15)16-10-17-14(12)18(8-9-19)11-6-4-3-5-7-11/h10-11,19H,2-9H2,1H3. The van der Waals surface area contributed by atoms with E-state index in [1.165, 1.54) is 38.4 Å². The summed E-state index contributed by atoms with van der Waals surface area (Å²) in [5.41, 5.74) is 0.989. The molecule has 0 unspecified atom stereocenters. The Balaban J connectivity index is 2.29. The number of nitrogens with zero attached hydrogens (tertiary/aromatic N) is 3. The number of aliphatic hydroxyl groups is 1. The molecule has 0 spiro atoms. The van der Waals surface area contributed by atoms with Gasteiger partial charge in [0.05, 0.1) is 6.61 Å². The molecule has 1 aliphatic rings. The van der Waals surface area contributed by atoms with Crippen molar-refractivity contribution in [1.82, 2.24) is 9.97 Å². The van der Waals surface area contributed by atoms with Gasteiger partial charge < -0.3 is 10.0 Å². The smallest absolute Gasteiger partial charge is 0.137 e. The summed E-state index contributed by atoms with van der Waals surface area (Å²) in [5.74, 6) is 0.906. The highest BCUT2D eigenvalue weighted by Gasteiger charge is 2.24. The van der Waals surface area contributed by atoms with Crippen LogP contribution in [0.2, 0.25) is 5.15 Å². The molecule has 0 aromatic carbocycles. The number of hydrogen-bond acceptors (Lipinski definition) is 4. The molecule has 1 N–H and O–H groups in total. The molecule has 1 aliphatic carbocycles. The predicted octanol–water partition coefficient (Wildman–Crippen LogP) is 2.82. The fraction of sp³-hybridized carbons (Fsp3) is 0.714. The lowest BCUT2D eigenvalue weighted by atomic mass is 9.94. The third-order valence-electron chi connectivity index (χ3n) is 3.85. The summed E-state index contributed by atoms with van der Waals surface area (Å²) < 4.78 is 0. The zero-order chi connectivity index (χ0) is 13.7. The van der Waals surface area contributed by atoms with Crippen LogP contribution in [0.4, 0.5) is 5.82 Å². The van der Waals surface area contributed by atoms with Crippen LogP contribution in [0.15, 0.2) is 6.33 Å². The van der Waals surface area contributed by atoms with Crippen molar-refractivity contribution in [3.8, 4) is 0 Å². The van der Waals surface area contributed by atoms with Crippen molar-refractivity contribution in [1.29, 1.82) is 0 Å². The molecular formula is C14H22ClN3O. The normalized spacial score (nSPS) is 16.6. The Morgan fingerprint density at radius 2 is 2.05 bits per heavy atom. The van der Waals surface area contributed by atoms with Gasteiger partial charge in [0.25, 0.3) is 0 Å². The van der Waals surface area contributed by atoms with Gasteiger partial charge in [0.1, 0.15) is 17.3 Å². The first-order valence-electron chi connectivity index (χ1n) is 7.14. The molecule has 1 heterocycles. The molecule has 1 aromatic rings. The van der Waals surface area contributed by atoms with Crippen LogP contribution in [-0.4, -0.2) is 34.3 Å². The lowest BCUT2D eigenvalue weighted by Crippen LogP contribution is -2.40. The molecule has 0 saturated heterocycles. The van der Waals surface area contributed by atoms with Crippen molar-refractivity contribution < 1.29 is 5.11 Å². The van der Waals surface area contributed by atoms with Crippen LogP contribution in [0.25, 0.3) is 0 Å². The van der Waals surface area contributed by atoms with Gasteiger partial charge in [0.15, 0.2) is 0 Å². The van der Waals surface area contributed by atoms with Crippen molar-refractivity contribution in [2.45, 2.75) is 51.5 Å². The Morgan fingerprint density at radius 1 is 1.32 bits per heavy atom. The third-order valence-corrected chi connectivity index (χ3v) is 4.18. The summed E-state index contributed by atoms with van der Waals surface area (Å²) in [7, 11) is 0. The van der Waals surface area contributed by atoms with Crippen LogP contribution >= 0.6 is 11.6 Å². The Labute approximate surface area is 119 Å². The number of hydrogen-bond donors (Lipinski definition) is 1. The highest BCUT2D eigenvalue weighted by Crippen LogP contribution is 2.30. The molecule has 5 heteroatoms. The van der Waals surface area contributed by atoms with Crippen LogP contribution in [0.1, 0.15) is 44.6 Å². The zero-order valence-electron chi connectivity index (χ0n) is 11.5. The molecule has 0 atom stereocenters. The predicted molar refractivity (Wildman–Crippen MR) is 77.7 cm³/mol. The van der Waals surface area contributed by atoms with Crippen molar-refractivity contribution in [3.63, 3.8) is 0 Å². The summed E-state index contributed by atoms with van der Waals surface area (Å²) in [4.78, 5) is 10.7. The molecule has 2 rings (SSSR count). The second-order valence-electron chi connectivity index (χ2n) is 5.03. The highest BCUT2D eigenvalue weighted by atomic mass is 35.5. The molecule has 0 radical (unpaired) electrons. The van der Waals surface area contributed by atoms with E-state index in [-0.39, 0.29) is 6.61 Å². The minimum absolute atomic E-state index is 0.140. The summed E-state index contributed by atoms with van der Waals surface area (Å²) in [5, 5.41) is 9.88. The Kier molecular flexibility index (Phi) is 5.40. The van der Waals surface area contributed by atoms with E-state index in [9.17, 15) is 5.11 Å². The van der Waals surface area contributed by atoms with E-state index >= 15 is 0 Å². The number of aromatic nitrogens is 2. The second-order valence-corrected chi connectivity index (χ2v) is 5.39. The number of rotatable bonds is 5. The van der Waals surface area contributed by atoms with E-state index in [2.05, 4.69) is 21.8 Å². The maximum atomic E-state index is 9.34. The first-order valence-corrected chi connectivity index (χ1v) is 7.52. The average molecular weight is 284 g/mol. The van der Waals surface area contributed by atoms with Crippen LogP contribution in [0.3, 0.4) is 0 Å². The molecule has 0 amide bonds. The Hall–Kier alpha value is -0.870. The molecule has 0 aliphatic heterocycles. The van der Waals surface area contributed by atoms with Gasteiger partial charge in [-0.3, -0.25) is 0 Å². The minimum Gasteiger partial charge on any atom is -0.395 e. The molecule has 0 bridgehead atoms. The summed E-state index contributed by atoms with van der Waals surface area (Å²) >= 11 is 6.17. The molecule has 1 fully saturated rings. The lowest BCUT2D eigenvalue weighted by molar-refractivity contribution is 0.289. The minimum atomic E-state index is 0.140. The molecule has 1 aromatic heterocycles. The van der Waals surface area contributed by atoms with Gasteiger partial charge in [-0.1, -0.05) is 37.8 Å². The van der Waals surface area contributed by atoms with Crippen molar-refractivity contribution in [2.75, 3.05) is 18.1 Å². The summed E-state index contributed by atoms with van der Waals surface area (Å²) in [6.07, 6.45) is 8.50. The molecular weight excluding hydrogens is 262 g/mol. The van der Waals surface area contributed by atoms with E-state index in [4.69, 9.17) is 11.6 Å². The lowest BCUT2D eigenvalue weighted by Gasteiger charge is -2.36. The second kappa shape index (κ2) is 7.06. The fourth-order valence-corrected chi connectivity index (χ4v) is 3.16. The molecule has 4 nitrogen and oxygen atoms in total. The Morgan fingerprint density at radius 3 is 2.68 bits per heavy atom. The first-order chi connectivity index (χ1) is 9.27. The summed E-state index contributed by atoms with van der Waals surface area (Å²) in [6, 6.07) is 0.470. The zero-order valence-corrected chi connectivity index (χ0v) is 12.2. The van der Waals surface area contributed by atoms with Crippen LogP contribution < -0.4 is 4.90 Å². The van der Waals surface area contributed by atoms with Gasteiger partial charge in [0.2, 0.25) is 0 Å². The van der Waals surface area contributed by atoms with Gasteiger partial charge in [-0.05, 0) is 19.3 Å². The molecule has 1 saturated carbocycles. The van der Waals surface area contributed by atoms with Gasteiger partial charge in [0, 0.05) is 18.2 Å². The van der Waals surface area contributed by atoms with E-state index in [0.29, 0.717) is 17.7 Å². The fourth-order valence-electron chi connectivity index (χ4n) is 2.90. The van der Waals surface area contributed by atoms with E-state index in [0.717, 1.165) is 17.8 Å². The SMILES string of the molecule is CCc1c(Cl)ncnc1N(CCO)C1CCCCC1. The number of anilines is 1. The third kappa shape index (κ3) is 3.37. The average Bonchev–Trinajstić information content (AvgIpc) is 2.45. The van der Waals surface area contributed by atoms with E-state index < -0.39 is 0 Å². The Bertz CT molecular complexity index is 408. The van der Waals surface area contributed by atoms with Crippen LogP contribution in [0.5, 0.6) is 0 Å². The molecule has 106 valence electrons. The summed E-state index contributed by atoms with van der Waals surface area (Å²) in [6.45, 7) is 2.82. The van der Waals surface area contributed by atoms with Crippen LogP contribution in [-0.2, 0) is 6.42 Å². The number of aliphatic hydroxyl groups excluding tert-OH is 1. The maximum absolute atomic E-state index is 9.34. The van der Waals surface area contributed by atoms with Gasteiger partial charge >= 0.3 is 0 Å². The van der Waals surface area contributed by atoms with Crippen molar-refractivity contribution in [2.24, 2.45) is 0 Å². The number of halogens is 1. The first kappa shape index (κ1) is 14.5. The van der Waals surface area contributed by atoms with E-state index in [1.54, 1.807) is 0 Å². The highest BCUT2D eigenvalue weighted by molar-refractivity contribution is 6.30. The molecule has 19 heavy (non-hydrogen) atoms. The largest absolute Gasteiger partial charge is 0.395 e. The van der Waals surface area contributed by atoms with Crippen molar-refractivity contribution in [3.05, 3.63) is 17.0 Å². The van der Waals surface area contributed by atoms with Gasteiger partial charge in [-0.2, -0.15) is 0 Å². The van der Waals surface area contributed by atoms with Gasteiger partial charge in [-0.25, -0.2) is 9.97 Å².